The molecule has 0 radical (unpaired) electrons. The highest BCUT2D eigenvalue weighted by Crippen LogP contribution is 2.25. The van der Waals surface area contributed by atoms with Crippen LogP contribution in [0.25, 0.3) is 0 Å². The lowest BCUT2D eigenvalue weighted by Gasteiger charge is -2.14. The number of allylic oxidation sites excluding steroid dienone is 1. The molecule has 0 saturated heterocycles. The van der Waals surface area contributed by atoms with Gasteiger partial charge in [0.2, 0.25) is 5.78 Å². The fraction of sp³-hybridized carbons (Fsp3) is 0.711. The molecule has 0 amide bonds. The van der Waals surface area contributed by atoms with Crippen molar-refractivity contribution in [1.82, 2.24) is 0 Å². The molecule has 0 fully saturated rings. The second kappa shape index (κ2) is 29.2. The second-order valence-electron chi connectivity index (χ2n) is 12.1. The fourth-order valence-electron chi connectivity index (χ4n) is 5.08. The summed E-state index contributed by atoms with van der Waals surface area (Å²) in [6.07, 6.45) is 13.3. The van der Waals surface area contributed by atoms with Crippen LogP contribution in [-0.2, 0) is 28.5 Å². The lowest BCUT2D eigenvalue weighted by molar-refractivity contribution is -0.176. The summed E-state index contributed by atoms with van der Waals surface area (Å²) in [7, 11) is 0. The molecule has 0 bridgehead atoms. The quantitative estimate of drug-likeness (QED) is 0.0305. The molecule has 49 heavy (non-hydrogen) atoms. The van der Waals surface area contributed by atoms with Crippen LogP contribution in [0.5, 0.6) is 5.75 Å². The van der Waals surface area contributed by atoms with Gasteiger partial charge in [0.1, 0.15) is 12.4 Å². The summed E-state index contributed by atoms with van der Waals surface area (Å²) in [5, 5.41) is 0. The Morgan fingerprint density at radius 2 is 1.04 bits per heavy atom. The van der Waals surface area contributed by atoms with Gasteiger partial charge in [0, 0.05) is 18.6 Å². The maximum atomic E-state index is 12.8. The number of hydrogen-bond acceptors (Lipinski definition) is 8. The van der Waals surface area contributed by atoms with Gasteiger partial charge >= 0.3 is 6.18 Å². The van der Waals surface area contributed by atoms with Crippen molar-refractivity contribution in [2.24, 2.45) is 5.92 Å². The Balaban J connectivity index is 1.93. The molecule has 1 aromatic carbocycles. The Morgan fingerprint density at radius 3 is 1.47 bits per heavy atom. The number of halogens is 3. The Bertz CT molecular complexity index is 1010. The standard InChI is InChI=1S/C38H59F3O8/c1-3-5-6-7-8-9-10-11-12-13-14-15-16-17-22-45-23-24-46-25-26-47-27-28-48-29-30-49-33-20-18-32(19-21-33)36(43)31-34(35(42)4-2)37(44)38(39,40)41/h4,18-21,34H,2-3,5-17,22-31H2,1H3. The van der Waals surface area contributed by atoms with Gasteiger partial charge in [-0.2, -0.15) is 13.2 Å². The fourth-order valence-corrected chi connectivity index (χ4v) is 5.08. The Labute approximate surface area is 291 Å². The molecule has 11 heteroatoms. The number of benzene rings is 1. The van der Waals surface area contributed by atoms with Gasteiger partial charge in [-0.25, -0.2) is 0 Å². The van der Waals surface area contributed by atoms with E-state index in [4.69, 9.17) is 23.7 Å². The Morgan fingerprint density at radius 1 is 0.633 bits per heavy atom. The number of rotatable bonds is 34. The third kappa shape index (κ3) is 23.4. The lowest BCUT2D eigenvalue weighted by atomic mass is 9.90. The third-order valence-electron chi connectivity index (χ3n) is 7.96. The predicted molar refractivity (Wildman–Crippen MR) is 184 cm³/mol. The molecule has 0 saturated carbocycles. The van der Waals surface area contributed by atoms with Crippen molar-refractivity contribution in [3.8, 4) is 5.75 Å². The van der Waals surface area contributed by atoms with Crippen molar-refractivity contribution in [1.29, 1.82) is 0 Å². The maximum Gasteiger partial charge on any atom is 0.450 e. The van der Waals surface area contributed by atoms with Crippen LogP contribution in [0.2, 0.25) is 0 Å². The number of carbonyl (C=O) groups is 3. The minimum absolute atomic E-state index is 0.0503. The van der Waals surface area contributed by atoms with Crippen LogP contribution in [0.1, 0.15) is 114 Å². The van der Waals surface area contributed by atoms with E-state index in [-0.39, 0.29) is 12.2 Å². The zero-order chi connectivity index (χ0) is 36.0. The summed E-state index contributed by atoms with van der Waals surface area (Å²) in [4.78, 5) is 35.8. The molecular weight excluding hydrogens is 641 g/mol. The number of Topliss-reactive ketones (excluding diaryl/α,β-unsaturated/α-hetero) is 2. The van der Waals surface area contributed by atoms with Gasteiger partial charge in [0.05, 0.1) is 52.2 Å². The van der Waals surface area contributed by atoms with Gasteiger partial charge in [-0.15, -0.1) is 0 Å². The van der Waals surface area contributed by atoms with Crippen molar-refractivity contribution in [2.75, 3.05) is 59.5 Å². The number of alkyl halides is 3. The molecule has 1 atom stereocenters. The highest BCUT2D eigenvalue weighted by molar-refractivity contribution is 6.12. The second-order valence-corrected chi connectivity index (χ2v) is 12.1. The topological polar surface area (TPSA) is 97.4 Å². The SMILES string of the molecule is C=CC(=O)C(CC(=O)c1ccc(OCCOCCOCCOCCOCCCCCCCCCCCCCCCC)cc1)C(=O)C(F)(F)F. The van der Waals surface area contributed by atoms with Crippen LogP contribution in [0, 0.1) is 5.92 Å². The van der Waals surface area contributed by atoms with Crippen LogP contribution < -0.4 is 4.74 Å². The molecule has 0 aliphatic heterocycles. The third-order valence-corrected chi connectivity index (χ3v) is 7.96. The largest absolute Gasteiger partial charge is 0.491 e. The molecule has 0 spiro atoms. The molecule has 0 aromatic heterocycles. The normalized spacial score (nSPS) is 12.2. The first-order chi connectivity index (χ1) is 23.7. The van der Waals surface area contributed by atoms with Gasteiger partial charge < -0.3 is 23.7 Å². The first kappa shape index (κ1) is 44.4. The highest BCUT2D eigenvalue weighted by atomic mass is 19.4. The number of unbranched alkanes of at least 4 members (excludes halogenated alkanes) is 13. The molecule has 0 aliphatic carbocycles. The Kier molecular flexibility index (Phi) is 26.4. The van der Waals surface area contributed by atoms with Gasteiger partial charge in [-0.3, -0.25) is 14.4 Å². The molecule has 0 aliphatic rings. The molecule has 280 valence electrons. The summed E-state index contributed by atoms with van der Waals surface area (Å²) in [6, 6.07) is 5.65. The minimum atomic E-state index is -5.23. The van der Waals surface area contributed by atoms with Crippen LogP contribution in [-0.4, -0.2) is 83.0 Å². The van der Waals surface area contributed by atoms with Crippen molar-refractivity contribution in [3.63, 3.8) is 0 Å². The molecule has 0 heterocycles. The zero-order valence-corrected chi connectivity index (χ0v) is 29.5. The van der Waals surface area contributed by atoms with Crippen LogP contribution in [0.15, 0.2) is 36.9 Å². The van der Waals surface area contributed by atoms with E-state index in [1.54, 1.807) is 0 Å². The number of ether oxygens (including phenoxy) is 5. The number of ketones is 3. The molecule has 8 nitrogen and oxygen atoms in total. The van der Waals surface area contributed by atoms with E-state index in [0.29, 0.717) is 58.1 Å². The van der Waals surface area contributed by atoms with E-state index in [0.717, 1.165) is 13.0 Å². The molecular formula is C38H59F3O8. The number of carbonyl (C=O) groups excluding carboxylic acids is 3. The molecule has 1 aromatic rings. The van der Waals surface area contributed by atoms with Crippen molar-refractivity contribution in [3.05, 3.63) is 42.5 Å². The highest BCUT2D eigenvalue weighted by Gasteiger charge is 2.46. The summed E-state index contributed by atoms with van der Waals surface area (Å²) in [5.74, 6) is -5.93. The summed E-state index contributed by atoms with van der Waals surface area (Å²) in [6.45, 7) is 9.51. The lowest BCUT2D eigenvalue weighted by Crippen LogP contribution is -2.36. The smallest absolute Gasteiger partial charge is 0.450 e. The van der Waals surface area contributed by atoms with E-state index in [1.165, 1.54) is 108 Å². The van der Waals surface area contributed by atoms with E-state index in [2.05, 4.69) is 13.5 Å². The minimum Gasteiger partial charge on any atom is -0.491 e. The van der Waals surface area contributed by atoms with Gasteiger partial charge in [-0.05, 0) is 36.8 Å². The molecule has 0 N–H and O–H groups in total. The summed E-state index contributed by atoms with van der Waals surface area (Å²) in [5.41, 5.74) is 0.0503. The van der Waals surface area contributed by atoms with E-state index >= 15 is 0 Å². The van der Waals surface area contributed by atoms with Crippen LogP contribution in [0.3, 0.4) is 0 Å². The van der Waals surface area contributed by atoms with E-state index in [1.807, 2.05) is 0 Å². The maximum absolute atomic E-state index is 12.8. The summed E-state index contributed by atoms with van der Waals surface area (Å²) >= 11 is 0. The first-order valence-corrected chi connectivity index (χ1v) is 18.0. The van der Waals surface area contributed by atoms with Gasteiger partial charge in [-0.1, -0.05) is 97.0 Å². The van der Waals surface area contributed by atoms with Crippen LogP contribution >= 0.6 is 0 Å². The van der Waals surface area contributed by atoms with Crippen LogP contribution in [0.4, 0.5) is 13.2 Å². The van der Waals surface area contributed by atoms with E-state index < -0.39 is 35.9 Å². The van der Waals surface area contributed by atoms with Crippen molar-refractivity contribution < 1.29 is 51.2 Å². The summed E-state index contributed by atoms with van der Waals surface area (Å²) < 4.78 is 66.1. The number of hydrogen-bond donors (Lipinski definition) is 0. The zero-order valence-electron chi connectivity index (χ0n) is 29.5. The van der Waals surface area contributed by atoms with E-state index in [9.17, 15) is 27.6 Å². The van der Waals surface area contributed by atoms with Crippen molar-refractivity contribution in [2.45, 2.75) is 109 Å². The monoisotopic (exact) mass is 700 g/mol. The first-order valence-electron chi connectivity index (χ1n) is 18.0. The Hall–Kier alpha value is -2.60. The van der Waals surface area contributed by atoms with Gasteiger partial charge in [0.15, 0.2) is 11.6 Å². The molecule has 1 unspecified atom stereocenters. The molecule has 1 rings (SSSR count). The average molecular weight is 701 g/mol. The van der Waals surface area contributed by atoms with Gasteiger partial charge in [0.25, 0.3) is 0 Å². The van der Waals surface area contributed by atoms with Crippen molar-refractivity contribution >= 4 is 17.3 Å². The predicted octanol–water partition coefficient (Wildman–Crippen LogP) is 8.69. The average Bonchev–Trinajstić information content (AvgIpc) is 3.09.